The van der Waals surface area contributed by atoms with Crippen LogP contribution < -0.4 is 0 Å². The van der Waals surface area contributed by atoms with Gasteiger partial charge in [0.25, 0.3) is 0 Å². The Hall–Kier alpha value is -0.570. The molecule has 1 heterocycles. The van der Waals surface area contributed by atoms with Crippen molar-refractivity contribution >= 4 is 5.91 Å². The van der Waals surface area contributed by atoms with Gasteiger partial charge in [-0.3, -0.25) is 4.79 Å². The first kappa shape index (κ1) is 12.5. The van der Waals surface area contributed by atoms with E-state index in [4.69, 9.17) is 5.11 Å². The topological polar surface area (TPSA) is 40.5 Å². The number of hydrogen-bond donors (Lipinski definition) is 1. The number of likely N-dealkylation sites (tertiary alicyclic amines) is 1. The molecular formula is C12H23NO2. The number of hydrogen-bond acceptors (Lipinski definition) is 2. The van der Waals surface area contributed by atoms with Gasteiger partial charge < -0.3 is 10.0 Å². The smallest absolute Gasteiger partial charge is 0.222 e. The Balaban J connectivity index is 2.28. The minimum atomic E-state index is -0.358. The third-order valence-corrected chi connectivity index (χ3v) is 2.98. The molecule has 1 amide bonds. The fourth-order valence-electron chi connectivity index (χ4n) is 1.99. The van der Waals surface area contributed by atoms with Crippen LogP contribution in [0.3, 0.4) is 0 Å². The van der Waals surface area contributed by atoms with Gasteiger partial charge in [0.1, 0.15) is 0 Å². The zero-order chi connectivity index (χ0) is 11.1. The molecule has 0 aromatic carbocycles. The molecule has 1 saturated heterocycles. The van der Waals surface area contributed by atoms with Gasteiger partial charge in [-0.15, -0.1) is 0 Å². The second kappa shape index (κ2) is 6.83. The van der Waals surface area contributed by atoms with Crippen molar-refractivity contribution in [2.24, 2.45) is 0 Å². The Morgan fingerprint density at radius 3 is 2.27 bits per heavy atom. The molecule has 1 aliphatic heterocycles. The molecule has 1 unspecified atom stereocenters. The van der Waals surface area contributed by atoms with Crippen molar-refractivity contribution in [3.8, 4) is 0 Å². The molecule has 88 valence electrons. The lowest BCUT2D eigenvalue weighted by atomic mass is 10.1. The highest BCUT2D eigenvalue weighted by atomic mass is 16.3. The summed E-state index contributed by atoms with van der Waals surface area (Å²) in [7, 11) is 0. The molecule has 0 aromatic rings. The highest BCUT2D eigenvalue weighted by Crippen LogP contribution is 2.12. The fraction of sp³-hybridized carbons (Fsp3) is 0.917. The normalized spacial score (nSPS) is 20.5. The molecule has 0 spiro atoms. The van der Waals surface area contributed by atoms with Crippen molar-refractivity contribution in [1.29, 1.82) is 0 Å². The van der Waals surface area contributed by atoms with Gasteiger partial charge in [0.05, 0.1) is 6.10 Å². The van der Waals surface area contributed by atoms with Gasteiger partial charge in [0.15, 0.2) is 0 Å². The summed E-state index contributed by atoms with van der Waals surface area (Å²) < 4.78 is 0. The van der Waals surface area contributed by atoms with Gasteiger partial charge in [-0.05, 0) is 26.2 Å². The minimum absolute atomic E-state index is 0.220. The molecule has 3 nitrogen and oxygen atoms in total. The van der Waals surface area contributed by atoms with Gasteiger partial charge >= 0.3 is 0 Å². The Morgan fingerprint density at radius 2 is 1.73 bits per heavy atom. The minimum Gasteiger partial charge on any atom is -0.393 e. The second-order valence-corrected chi connectivity index (χ2v) is 4.54. The van der Waals surface area contributed by atoms with E-state index >= 15 is 0 Å². The monoisotopic (exact) mass is 213 g/mol. The molecule has 1 rings (SSSR count). The second-order valence-electron chi connectivity index (χ2n) is 4.54. The van der Waals surface area contributed by atoms with Crippen LogP contribution in [-0.4, -0.2) is 35.1 Å². The number of rotatable bonds is 3. The average molecular weight is 213 g/mol. The van der Waals surface area contributed by atoms with Gasteiger partial charge in [-0.1, -0.05) is 19.3 Å². The van der Waals surface area contributed by atoms with Crippen LogP contribution in [-0.2, 0) is 4.79 Å². The first-order chi connectivity index (χ1) is 7.20. The molecule has 0 aliphatic carbocycles. The molecule has 1 atom stereocenters. The standard InChI is InChI=1S/C12H23NO2/c1-11(14)7-8-12(15)13-9-5-3-2-4-6-10-13/h11,14H,2-10H2,1H3. The Kier molecular flexibility index (Phi) is 5.69. The van der Waals surface area contributed by atoms with Gasteiger partial charge in [0.2, 0.25) is 5.91 Å². The number of carbonyl (C=O) groups is 1. The quantitative estimate of drug-likeness (QED) is 0.778. The Morgan fingerprint density at radius 1 is 1.20 bits per heavy atom. The Labute approximate surface area is 92.5 Å². The molecule has 1 fully saturated rings. The van der Waals surface area contributed by atoms with Crippen LogP contribution in [0, 0.1) is 0 Å². The van der Waals surface area contributed by atoms with E-state index < -0.39 is 0 Å². The highest BCUT2D eigenvalue weighted by Gasteiger charge is 2.14. The van der Waals surface area contributed by atoms with Crippen molar-refractivity contribution in [2.75, 3.05) is 13.1 Å². The van der Waals surface area contributed by atoms with E-state index in [1.165, 1.54) is 19.3 Å². The summed E-state index contributed by atoms with van der Waals surface area (Å²) in [6, 6.07) is 0. The summed E-state index contributed by atoms with van der Waals surface area (Å²) in [5.74, 6) is 0.220. The molecule has 1 aliphatic rings. The average Bonchev–Trinajstić information content (AvgIpc) is 2.13. The van der Waals surface area contributed by atoms with E-state index in [2.05, 4.69) is 0 Å². The van der Waals surface area contributed by atoms with E-state index in [1.807, 2.05) is 4.90 Å². The highest BCUT2D eigenvalue weighted by molar-refractivity contribution is 5.76. The lowest BCUT2D eigenvalue weighted by Gasteiger charge is -2.25. The summed E-state index contributed by atoms with van der Waals surface area (Å²) in [5.41, 5.74) is 0. The molecule has 0 radical (unpaired) electrons. The van der Waals surface area contributed by atoms with E-state index in [0.29, 0.717) is 12.8 Å². The lowest BCUT2D eigenvalue weighted by Crippen LogP contribution is -2.34. The van der Waals surface area contributed by atoms with E-state index in [0.717, 1.165) is 25.9 Å². The van der Waals surface area contributed by atoms with Crippen molar-refractivity contribution < 1.29 is 9.90 Å². The molecule has 0 bridgehead atoms. The zero-order valence-corrected chi connectivity index (χ0v) is 9.74. The first-order valence-electron chi connectivity index (χ1n) is 6.16. The maximum atomic E-state index is 11.8. The van der Waals surface area contributed by atoms with Crippen LogP contribution in [0.2, 0.25) is 0 Å². The van der Waals surface area contributed by atoms with Crippen LogP contribution >= 0.6 is 0 Å². The van der Waals surface area contributed by atoms with Crippen LogP contribution in [0.4, 0.5) is 0 Å². The SMILES string of the molecule is CC(O)CCC(=O)N1CCCCCCC1. The van der Waals surface area contributed by atoms with Crippen LogP contribution in [0.1, 0.15) is 51.9 Å². The van der Waals surface area contributed by atoms with E-state index in [1.54, 1.807) is 6.92 Å². The fourth-order valence-corrected chi connectivity index (χ4v) is 1.99. The van der Waals surface area contributed by atoms with Crippen molar-refractivity contribution in [1.82, 2.24) is 4.90 Å². The number of nitrogens with zero attached hydrogens (tertiary/aromatic N) is 1. The Bertz CT molecular complexity index is 184. The molecule has 0 aromatic heterocycles. The first-order valence-corrected chi connectivity index (χ1v) is 6.16. The van der Waals surface area contributed by atoms with Crippen LogP contribution in [0.5, 0.6) is 0 Å². The molecule has 0 saturated carbocycles. The summed E-state index contributed by atoms with van der Waals surface area (Å²) >= 11 is 0. The van der Waals surface area contributed by atoms with Gasteiger partial charge in [-0.2, -0.15) is 0 Å². The van der Waals surface area contributed by atoms with E-state index in [9.17, 15) is 4.79 Å². The van der Waals surface area contributed by atoms with Gasteiger partial charge in [-0.25, -0.2) is 0 Å². The lowest BCUT2D eigenvalue weighted by molar-refractivity contribution is -0.132. The number of carbonyl (C=O) groups excluding carboxylic acids is 1. The predicted octanol–water partition coefficient (Wildman–Crippen LogP) is 1.94. The maximum absolute atomic E-state index is 11.8. The van der Waals surface area contributed by atoms with E-state index in [-0.39, 0.29) is 12.0 Å². The molecule has 15 heavy (non-hydrogen) atoms. The number of aliphatic hydroxyl groups excluding tert-OH is 1. The summed E-state index contributed by atoms with van der Waals surface area (Å²) in [6.45, 7) is 3.57. The summed E-state index contributed by atoms with van der Waals surface area (Å²) in [4.78, 5) is 13.8. The largest absolute Gasteiger partial charge is 0.393 e. The zero-order valence-electron chi connectivity index (χ0n) is 9.74. The third kappa shape index (κ3) is 5.17. The van der Waals surface area contributed by atoms with Crippen molar-refractivity contribution in [3.63, 3.8) is 0 Å². The molecule has 3 heteroatoms. The van der Waals surface area contributed by atoms with Crippen molar-refractivity contribution in [3.05, 3.63) is 0 Å². The van der Waals surface area contributed by atoms with Crippen LogP contribution in [0.25, 0.3) is 0 Å². The predicted molar refractivity (Wildman–Crippen MR) is 60.6 cm³/mol. The summed E-state index contributed by atoms with van der Waals surface area (Å²) in [5, 5.41) is 9.13. The van der Waals surface area contributed by atoms with Crippen molar-refractivity contribution in [2.45, 2.75) is 58.0 Å². The summed E-state index contributed by atoms with van der Waals surface area (Å²) in [6.07, 6.45) is 6.83. The van der Waals surface area contributed by atoms with Gasteiger partial charge in [0, 0.05) is 19.5 Å². The third-order valence-electron chi connectivity index (χ3n) is 2.98. The maximum Gasteiger partial charge on any atom is 0.222 e. The van der Waals surface area contributed by atoms with Crippen LogP contribution in [0.15, 0.2) is 0 Å². The number of amides is 1. The molecule has 1 N–H and O–H groups in total. The number of aliphatic hydroxyl groups is 1. The molecular weight excluding hydrogens is 190 g/mol.